The summed E-state index contributed by atoms with van der Waals surface area (Å²) in [6.45, 7) is 6.29. The highest BCUT2D eigenvalue weighted by molar-refractivity contribution is 4.64. The van der Waals surface area contributed by atoms with Crippen LogP contribution in [0.5, 0.6) is 0 Å². The third-order valence-corrected chi connectivity index (χ3v) is 3.66. The van der Waals surface area contributed by atoms with E-state index in [9.17, 15) is 10.2 Å². The van der Waals surface area contributed by atoms with E-state index in [4.69, 9.17) is 4.74 Å². The third-order valence-electron chi connectivity index (χ3n) is 3.66. The summed E-state index contributed by atoms with van der Waals surface area (Å²) >= 11 is 0. The fourth-order valence-corrected chi connectivity index (χ4v) is 2.40. The van der Waals surface area contributed by atoms with Gasteiger partial charge < -0.3 is 14.9 Å². The summed E-state index contributed by atoms with van der Waals surface area (Å²) in [5.41, 5.74) is -0.809. The molecule has 0 aromatic rings. The zero-order valence-corrected chi connectivity index (χ0v) is 14.6. The van der Waals surface area contributed by atoms with Gasteiger partial charge in [-0.05, 0) is 20.3 Å². The lowest BCUT2D eigenvalue weighted by molar-refractivity contribution is -0.0474. The predicted octanol–water partition coefficient (Wildman–Crippen LogP) is 4.45. The maximum absolute atomic E-state index is 9.76. The molecule has 21 heavy (non-hydrogen) atoms. The van der Waals surface area contributed by atoms with Gasteiger partial charge in [-0.1, -0.05) is 71.1 Å². The van der Waals surface area contributed by atoms with Crippen molar-refractivity contribution in [2.45, 2.75) is 103 Å². The third kappa shape index (κ3) is 17.8. The van der Waals surface area contributed by atoms with Crippen LogP contribution in [0.2, 0.25) is 0 Å². The molecule has 0 aliphatic heterocycles. The van der Waals surface area contributed by atoms with E-state index in [2.05, 4.69) is 6.92 Å². The van der Waals surface area contributed by atoms with Crippen LogP contribution >= 0.6 is 0 Å². The van der Waals surface area contributed by atoms with Gasteiger partial charge in [-0.15, -0.1) is 0 Å². The first-order valence-electron chi connectivity index (χ1n) is 8.94. The molecule has 0 radical (unpaired) electrons. The van der Waals surface area contributed by atoms with Crippen LogP contribution in [0, 0.1) is 0 Å². The Kier molecular flexibility index (Phi) is 13.5. The Morgan fingerprint density at radius 1 is 0.857 bits per heavy atom. The molecule has 0 aromatic carbocycles. The van der Waals surface area contributed by atoms with Crippen molar-refractivity contribution in [1.82, 2.24) is 0 Å². The van der Waals surface area contributed by atoms with Crippen LogP contribution in [-0.4, -0.2) is 35.1 Å². The lowest BCUT2D eigenvalue weighted by Gasteiger charge is -2.18. The van der Waals surface area contributed by atoms with Gasteiger partial charge in [0.05, 0.1) is 24.9 Å². The Labute approximate surface area is 132 Å². The Morgan fingerprint density at radius 3 is 1.81 bits per heavy atom. The molecular formula is C18H38O3. The zero-order chi connectivity index (χ0) is 16.0. The fourth-order valence-electron chi connectivity index (χ4n) is 2.40. The topological polar surface area (TPSA) is 49.7 Å². The Morgan fingerprint density at radius 2 is 1.33 bits per heavy atom. The molecule has 0 saturated carbocycles. The number of hydrogen-bond donors (Lipinski definition) is 2. The molecule has 0 amide bonds. The van der Waals surface area contributed by atoms with Crippen LogP contribution < -0.4 is 0 Å². The van der Waals surface area contributed by atoms with Crippen LogP contribution in [0.25, 0.3) is 0 Å². The molecule has 1 atom stereocenters. The summed E-state index contributed by atoms with van der Waals surface area (Å²) in [4.78, 5) is 0. The Hall–Kier alpha value is -0.120. The Bertz CT molecular complexity index is 211. The average Bonchev–Trinajstić information content (AvgIpc) is 2.39. The summed E-state index contributed by atoms with van der Waals surface area (Å²) in [6.07, 6.45) is 13.6. The highest BCUT2D eigenvalue weighted by Gasteiger charge is 2.13. The van der Waals surface area contributed by atoms with Crippen molar-refractivity contribution in [1.29, 1.82) is 0 Å². The van der Waals surface area contributed by atoms with Gasteiger partial charge >= 0.3 is 0 Å². The van der Waals surface area contributed by atoms with Crippen molar-refractivity contribution >= 4 is 0 Å². The normalized spacial score (nSPS) is 13.6. The molecule has 0 bridgehead atoms. The fraction of sp³-hybridized carbons (Fsp3) is 1.00. The second-order valence-electron chi connectivity index (χ2n) is 6.95. The van der Waals surface area contributed by atoms with Crippen LogP contribution in [0.1, 0.15) is 91.4 Å². The summed E-state index contributed by atoms with van der Waals surface area (Å²) in [6, 6.07) is 0. The van der Waals surface area contributed by atoms with Crippen LogP contribution in [0.3, 0.4) is 0 Å². The molecule has 0 heterocycles. The van der Waals surface area contributed by atoms with E-state index in [-0.39, 0.29) is 12.7 Å². The minimum absolute atomic E-state index is 0.280. The zero-order valence-electron chi connectivity index (χ0n) is 14.6. The van der Waals surface area contributed by atoms with Crippen molar-refractivity contribution < 1.29 is 14.9 Å². The van der Waals surface area contributed by atoms with Crippen molar-refractivity contribution in [3.8, 4) is 0 Å². The monoisotopic (exact) mass is 302 g/mol. The highest BCUT2D eigenvalue weighted by atomic mass is 16.5. The Balaban J connectivity index is 3.20. The second-order valence-corrected chi connectivity index (χ2v) is 6.95. The van der Waals surface area contributed by atoms with E-state index in [1.807, 2.05) is 0 Å². The van der Waals surface area contributed by atoms with Crippen LogP contribution in [0.4, 0.5) is 0 Å². The van der Waals surface area contributed by atoms with Gasteiger partial charge in [0.2, 0.25) is 0 Å². The van der Waals surface area contributed by atoms with Crippen molar-refractivity contribution in [2.75, 3.05) is 13.2 Å². The van der Waals surface area contributed by atoms with Gasteiger partial charge in [-0.25, -0.2) is 0 Å². The summed E-state index contributed by atoms with van der Waals surface area (Å²) in [5.74, 6) is 0. The quantitative estimate of drug-likeness (QED) is 0.439. The standard InChI is InChI=1S/C18H38O3/c1-4-5-6-7-8-9-10-11-12-13-14-17(19)15-21-16-18(2,3)20/h17,19-20H,4-16H2,1-3H3. The number of rotatable bonds is 15. The van der Waals surface area contributed by atoms with E-state index >= 15 is 0 Å². The number of unbranched alkanes of at least 4 members (excludes halogenated alkanes) is 9. The molecule has 128 valence electrons. The maximum Gasteiger partial charge on any atom is 0.0824 e. The molecule has 0 aliphatic carbocycles. The molecule has 0 fully saturated rings. The molecule has 0 aromatic heterocycles. The summed E-state index contributed by atoms with van der Waals surface area (Å²) in [5, 5.41) is 19.3. The molecule has 0 saturated heterocycles. The van der Waals surface area contributed by atoms with Crippen molar-refractivity contribution in [3.05, 3.63) is 0 Å². The minimum Gasteiger partial charge on any atom is -0.391 e. The lowest BCUT2D eigenvalue weighted by Crippen LogP contribution is -2.28. The molecule has 0 aliphatic rings. The summed E-state index contributed by atoms with van der Waals surface area (Å²) in [7, 11) is 0. The smallest absolute Gasteiger partial charge is 0.0824 e. The van der Waals surface area contributed by atoms with Crippen molar-refractivity contribution in [2.24, 2.45) is 0 Å². The van der Waals surface area contributed by atoms with E-state index in [0.29, 0.717) is 6.61 Å². The minimum atomic E-state index is -0.809. The highest BCUT2D eigenvalue weighted by Crippen LogP contribution is 2.12. The number of aliphatic hydroxyl groups is 2. The summed E-state index contributed by atoms with van der Waals surface area (Å²) < 4.78 is 5.30. The van der Waals surface area contributed by atoms with Gasteiger partial charge in [0.15, 0.2) is 0 Å². The molecule has 2 N–H and O–H groups in total. The lowest BCUT2D eigenvalue weighted by atomic mass is 10.0. The molecular weight excluding hydrogens is 264 g/mol. The number of hydrogen-bond acceptors (Lipinski definition) is 3. The van der Waals surface area contributed by atoms with Gasteiger partial charge in [-0.3, -0.25) is 0 Å². The van der Waals surface area contributed by atoms with Crippen molar-refractivity contribution in [3.63, 3.8) is 0 Å². The number of aliphatic hydroxyl groups excluding tert-OH is 1. The van der Waals surface area contributed by atoms with Gasteiger partial charge in [0.25, 0.3) is 0 Å². The molecule has 0 spiro atoms. The van der Waals surface area contributed by atoms with E-state index < -0.39 is 5.60 Å². The molecule has 1 unspecified atom stereocenters. The first-order chi connectivity index (χ1) is 9.95. The first kappa shape index (κ1) is 20.9. The van der Waals surface area contributed by atoms with Gasteiger partial charge in [-0.2, -0.15) is 0 Å². The predicted molar refractivity (Wildman–Crippen MR) is 89.6 cm³/mol. The SMILES string of the molecule is CCCCCCCCCCCCC(O)COCC(C)(C)O. The first-order valence-corrected chi connectivity index (χ1v) is 8.94. The van der Waals surface area contributed by atoms with Gasteiger partial charge in [0.1, 0.15) is 0 Å². The molecule has 0 rings (SSSR count). The van der Waals surface area contributed by atoms with E-state index in [1.165, 1.54) is 57.8 Å². The molecule has 3 nitrogen and oxygen atoms in total. The van der Waals surface area contributed by atoms with E-state index in [0.717, 1.165) is 12.8 Å². The largest absolute Gasteiger partial charge is 0.391 e. The number of ether oxygens (including phenoxy) is 1. The van der Waals surface area contributed by atoms with E-state index in [1.54, 1.807) is 13.8 Å². The maximum atomic E-state index is 9.76. The second kappa shape index (κ2) is 13.5. The molecule has 3 heteroatoms. The van der Waals surface area contributed by atoms with Crippen LogP contribution in [-0.2, 0) is 4.74 Å². The van der Waals surface area contributed by atoms with Gasteiger partial charge in [0, 0.05) is 0 Å². The average molecular weight is 302 g/mol. The van der Waals surface area contributed by atoms with Crippen LogP contribution in [0.15, 0.2) is 0 Å².